The molecule has 218 valence electrons. The Labute approximate surface area is 249 Å². The number of nitrogens with zero attached hydrogens (tertiary/aromatic N) is 4. The molecule has 0 saturated carbocycles. The van der Waals surface area contributed by atoms with Crippen LogP contribution in [0.2, 0.25) is 10.0 Å². The monoisotopic (exact) mass is 612 g/mol. The van der Waals surface area contributed by atoms with Crippen molar-refractivity contribution in [3.8, 4) is 0 Å². The lowest BCUT2D eigenvalue weighted by atomic mass is 9.96. The number of nitrogens with one attached hydrogen (secondary N) is 2. The molecule has 0 fully saturated rings. The van der Waals surface area contributed by atoms with E-state index in [9.17, 15) is 24.3 Å². The van der Waals surface area contributed by atoms with Crippen molar-refractivity contribution < 1.29 is 28.7 Å². The van der Waals surface area contributed by atoms with Crippen molar-refractivity contribution in [3.63, 3.8) is 0 Å². The minimum atomic E-state index is -1.49. The van der Waals surface area contributed by atoms with Gasteiger partial charge in [-0.2, -0.15) is 4.68 Å². The number of rotatable bonds is 7. The number of fused-ring (bicyclic) bond motifs is 2. The second-order valence-corrected chi connectivity index (χ2v) is 10.9. The van der Waals surface area contributed by atoms with Gasteiger partial charge in [0.1, 0.15) is 11.6 Å². The zero-order valence-electron chi connectivity index (χ0n) is 22.6. The van der Waals surface area contributed by atoms with Gasteiger partial charge in [0.2, 0.25) is 0 Å². The van der Waals surface area contributed by atoms with Gasteiger partial charge in [-0.3, -0.25) is 9.59 Å². The highest BCUT2D eigenvalue weighted by Gasteiger charge is 2.30. The number of hydrogen-bond donors (Lipinski definition) is 3. The summed E-state index contributed by atoms with van der Waals surface area (Å²) in [6, 6.07) is 8.36. The molecule has 2 aromatic heterocycles. The van der Waals surface area contributed by atoms with Crippen molar-refractivity contribution in [1.82, 2.24) is 30.5 Å². The van der Waals surface area contributed by atoms with Crippen LogP contribution in [0.5, 0.6) is 0 Å². The van der Waals surface area contributed by atoms with E-state index in [0.29, 0.717) is 35.4 Å². The van der Waals surface area contributed by atoms with Crippen molar-refractivity contribution in [2.24, 2.45) is 0 Å². The van der Waals surface area contributed by atoms with E-state index in [-0.39, 0.29) is 39.7 Å². The van der Waals surface area contributed by atoms with Crippen LogP contribution in [0.1, 0.15) is 57.5 Å². The Morgan fingerprint density at radius 2 is 1.90 bits per heavy atom. The number of carbonyl (C=O) groups excluding carboxylic acids is 3. The van der Waals surface area contributed by atoms with Crippen LogP contribution in [-0.2, 0) is 17.8 Å². The highest BCUT2D eigenvalue weighted by molar-refractivity contribution is 6.40. The first-order valence-corrected chi connectivity index (χ1v) is 13.8. The highest BCUT2D eigenvalue weighted by atomic mass is 35.5. The fourth-order valence-electron chi connectivity index (χ4n) is 4.62. The number of halogens is 2. The number of carboxylic acid groups (broad SMARTS) is 1. The minimum absolute atomic E-state index is 0.00806. The van der Waals surface area contributed by atoms with Gasteiger partial charge < -0.3 is 25.1 Å². The van der Waals surface area contributed by atoms with E-state index >= 15 is 0 Å². The Morgan fingerprint density at radius 1 is 1.14 bits per heavy atom. The summed E-state index contributed by atoms with van der Waals surface area (Å²) in [6.45, 7) is 3.84. The van der Waals surface area contributed by atoms with E-state index in [0.717, 1.165) is 10.1 Å². The Hall–Kier alpha value is -4.42. The second kappa shape index (κ2) is 11.8. The van der Waals surface area contributed by atoms with Gasteiger partial charge in [-0.1, -0.05) is 60.5 Å². The van der Waals surface area contributed by atoms with Crippen molar-refractivity contribution in [2.45, 2.75) is 38.8 Å². The van der Waals surface area contributed by atoms with Crippen LogP contribution in [0, 0.1) is 0 Å². The Bertz CT molecular complexity index is 1680. The summed E-state index contributed by atoms with van der Waals surface area (Å²) in [7, 11) is 0. The molecule has 14 heteroatoms. The number of amides is 3. The van der Waals surface area contributed by atoms with E-state index in [1.54, 1.807) is 23.1 Å². The number of benzene rings is 2. The van der Waals surface area contributed by atoms with Gasteiger partial charge in [-0.05, 0) is 41.7 Å². The molecule has 1 aliphatic rings. The molecule has 0 radical (unpaired) electrons. The smallest absolute Gasteiger partial charge is 0.343 e. The van der Waals surface area contributed by atoms with Gasteiger partial charge >= 0.3 is 12.0 Å². The van der Waals surface area contributed by atoms with Gasteiger partial charge in [-0.15, -0.1) is 5.10 Å². The number of hydrogen-bond acceptors (Lipinski definition) is 7. The van der Waals surface area contributed by atoms with Crippen LogP contribution in [0.15, 0.2) is 47.0 Å². The molecule has 0 aliphatic carbocycles. The molecule has 3 heterocycles. The predicted octanol–water partition coefficient (Wildman–Crippen LogP) is 4.09. The van der Waals surface area contributed by atoms with Crippen LogP contribution in [0.4, 0.5) is 4.79 Å². The van der Waals surface area contributed by atoms with Crippen LogP contribution in [0.3, 0.4) is 0 Å². The molecular formula is C28H26Cl2N6O6. The third-order valence-corrected chi connectivity index (χ3v) is 7.64. The van der Waals surface area contributed by atoms with E-state index < -0.39 is 30.5 Å². The highest BCUT2D eigenvalue weighted by Crippen LogP contribution is 2.35. The number of para-hydroxylation sites is 1. The molecule has 3 amide bonds. The largest absolute Gasteiger partial charge is 0.480 e. The molecule has 2 aromatic carbocycles. The molecule has 5 rings (SSSR count). The normalized spacial score (nSPS) is 13.6. The maximum absolute atomic E-state index is 13.2. The van der Waals surface area contributed by atoms with Gasteiger partial charge in [-0.25, -0.2) is 9.59 Å². The van der Waals surface area contributed by atoms with Gasteiger partial charge in [0.15, 0.2) is 5.76 Å². The summed E-state index contributed by atoms with van der Waals surface area (Å²) in [5, 5.41) is 23.0. The molecule has 42 heavy (non-hydrogen) atoms. The maximum Gasteiger partial charge on any atom is 0.343 e. The minimum Gasteiger partial charge on any atom is -0.480 e. The van der Waals surface area contributed by atoms with Gasteiger partial charge in [0, 0.05) is 18.5 Å². The van der Waals surface area contributed by atoms with Crippen molar-refractivity contribution in [2.75, 3.05) is 13.1 Å². The van der Waals surface area contributed by atoms with E-state index in [1.807, 2.05) is 32.0 Å². The topological polar surface area (TPSA) is 160 Å². The summed E-state index contributed by atoms with van der Waals surface area (Å²) in [5.41, 5.74) is 2.40. The summed E-state index contributed by atoms with van der Waals surface area (Å²) in [6.07, 6.45) is 1.78. The van der Waals surface area contributed by atoms with E-state index in [1.165, 1.54) is 6.20 Å². The lowest BCUT2D eigenvalue weighted by Gasteiger charge is -2.30. The standard InChI is InChI=1S/C28H26Cl2N6O6/c1-14(2)20-13-36(34-33-20)28(41)31-11-19(27(39)40)32-25(37)23-18(29)9-16-12-35(8-7-17(16)24(23)30)26(38)22-10-15-5-3-4-6-21(15)42-22/h3-6,9-10,13-14,19H,7-8,11-12H2,1-2H3,(H,31,41)(H,32,37)(H,39,40)/t19-/m0/s1. The fourth-order valence-corrected chi connectivity index (χ4v) is 5.38. The molecule has 3 N–H and O–H groups in total. The summed E-state index contributed by atoms with van der Waals surface area (Å²) in [4.78, 5) is 52.2. The summed E-state index contributed by atoms with van der Waals surface area (Å²) in [5.74, 6) is -2.23. The Kier molecular flexibility index (Phi) is 8.19. The van der Waals surface area contributed by atoms with E-state index in [2.05, 4.69) is 20.9 Å². The number of furan rings is 1. The maximum atomic E-state index is 13.2. The van der Waals surface area contributed by atoms with Crippen molar-refractivity contribution >= 4 is 58.0 Å². The molecule has 0 bridgehead atoms. The third kappa shape index (κ3) is 5.81. The van der Waals surface area contributed by atoms with Crippen LogP contribution in [0.25, 0.3) is 11.0 Å². The third-order valence-electron chi connectivity index (χ3n) is 6.93. The molecule has 0 spiro atoms. The number of carboxylic acids is 1. The van der Waals surface area contributed by atoms with Gasteiger partial charge in [0.05, 0.1) is 34.0 Å². The van der Waals surface area contributed by atoms with Gasteiger partial charge in [0.25, 0.3) is 11.8 Å². The number of aliphatic carboxylic acids is 1. The van der Waals surface area contributed by atoms with Crippen LogP contribution in [-0.4, -0.2) is 67.9 Å². The predicted molar refractivity (Wildman–Crippen MR) is 153 cm³/mol. The molecule has 0 saturated heterocycles. The van der Waals surface area contributed by atoms with Crippen LogP contribution < -0.4 is 10.6 Å². The first-order chi connectivity index (χ1) is 20.0. The average Bonchev–Trinajstić information content (AvgIpc) is 3.62. The van der Waals surface area contributed by atoms with E-state index in [4.69, 9.17) is 27.6 Å². The average molecular weight is 613 g/mol. The lowest BCUT2D eigenvalue weighted by molar-refractivity contribution is -0.139. The first kappa shape index (κ1) is 29.1. The first-order valence-electron chi connectivity index (χ1n) is 13.0. The molecule has 4 aromatic rings. The zero-order valence-corrected chi connectivity index (χ0v) is 24.1. The van der Waals surface area contributed by atoms with Crippen LogP contribution >= 0.6 is 23.2 Å². The fraction of sp³-hybridized carbons (Fsp3) is 0.286. The zero-order chi connectivity index (χ0) is 30.1. The second-order valence-electron chi connectivity index (χ2n) is 10.1. The summed E-state index contributed by atoms with van der Waals surface area (Å²) >= 11 is 13.1. The Balaban J connectivity index is 1.28. The lowest BCUT2D eigenvalue weighted by Crippen LogP contribution is -2.49. The SMILES string of the molecule is CC(C)c1cn(C(=O)NC[C@H](NC(=O)c2c(Cl)cc3c(c2Cl)CCN(C(=O)c2cc4ccccc4o2)C3)C(=O)O)nn1. The van der Waals surface area contributed by atoms with Crippen molar-refractivity contribution in [1.29, 1.82) is 0 Å². The van der Waals surface area contributed by atoms with Crippen molar-refractivity contribution in [3.05, 3.63) is 80.8 Å². The Morgan fingerprint density at radius 3 is 2.60 bits per heavy atom. The molecule has 1 atom stereocenters. The number of aromatic nitrogens is 3. The molecule has 1 aliphatic heterocycles. The number of carbonyl (C=O) groups is 4. The molecule has 0 unspecified atom stereocenters. The summed E-state index contributed by atoms with van der Waals surface area (Å²) < 4.78 is 6.67. The molecular weight excluding hydrogens is 587 g/mol. The quantitative estimate of drug-likeness (QED) is 0.281. The molecule has 12 nitrogen and oxygen atoms in total.